The van der Waals surface area contributed by atoms with Crippen molar-refractivity contribution < 1.29 is 14.3 Å². The Balaban J connectivity index is 1.73. The standard InChI is InChI=1S/C24H39N3O3S/c1-5-7-13-25-23(28)26-31-19-10-11-24(12-15-27(14-6-2)22(24)17-19)18-8-9-20(29-3)21(16-18)30-4/h8-9,16,19,22H,5-7,10-15,17H2,1-4H3,(H2,25,26,28). The van der Waals surface area contributed by atoms with Crippen molar-refractivity contribution >= 4 is 18.0 Å². The summed E-state index contributed by atoms with van der Waals surface area (Å²) in [5.41, 5.74) is 1.51. The van der Waals surface area contributed by atoms with Crippen molar-refractivity contribution in [1.29, 1.82) is 0 Å². The van der Waals surface area contributed by atoms with E-state index in [4.69, 9.17) is 9.47 Å². The Morgan fingerprint density at radius 3 is 2.71 bits per heavy atom. The first-order chi connectivity index (χ1) is 15.1. The Morgan fingerprint density at radius 1 is 1.19 bits per heavy atom. The van der Waals surface area contributed by atoms with Crippen molar-refractivity contribution in [3.63, 3.8) is 0 Å². The number of unbranched alkanes of at least 4 members (excludes halogenated alkanes) is 1. The van der Waals surface area contributed by atoms with Gasteiger partial charge >= 0.3 is 6.03 Å². The van der Waals surface area contributed by atoms with E-state index in [0.29, 0.717) is 11.3 Å². The maximum atomic E-state index is 12.1. The lowest BCUT2D eigenvalue weighted by molar-refractivity contribution is 0.159. The largest absolute Gasteiger partial charge is 0.493 e. The minimum atomic E-state index is -0.0630. The predicted molar refractivity (Wildman–Crippen MR) is 128 cm³/mol. The second-order valence-electron chi connectivity index (χ2n) is 8.75. The van der Waals surface area contributed by atoms with Gasteiger partial charge in [0.15, 0.2) is 11.5 Å². The second kappa shape index (κ2) is 11.3. The van der Waals surface area contributed by atoms with E-state index in [2.05, 4.69) is 40.9 Å². The molecule has 1 aliphatic heterocycles. The number of likely N-dealkylation sites (tertiary alicyclic amines) is 1. The zero-order valence-corrected chi connectivity index (χ0v) is 20.4. The molecule has 2 amide bonds. The van der Waals surface area contributed by atoms with Gasteiger partial charge in [-0.3, -0.25) is 9.62 Å². The van der Waals surface area contributed by atoms with Crippen LogP contribution in [-0.2, 0) is 5.41 Å². The summed E-state index contributed by atoms with van der Waals surface area (Å²) in [5.74, 6) is 1.59. The highest BCUT2D eigenvalue weighted by Crippen LogP contribution is 2.51. The SMILES string of the molecule is CCCCNC(=O)NSC1CCC2(c3ccc(OC)c(OC)c3)CCN(CCC)C2C1. The number of hydrogen-bond acceptors (Lipinski definition) is 5. The van der Waals surface area contributed by atoms with Gasteiger partial charge in [-0.2, -0.15) is 0 Å². The van der Waals surface area contributed by atoms with Crippen molar-refractivity contribution in [2.24, 2.45) is 0 Å². The molecule has 2 aliphatic rings. The van der Waals surface area contributed by atoms with Crippen LogP contribution < -0.4 is 19.5 Å². The summed E-state index contributed by atoms with van der Waals surface area (Å²) >= 11 is 1.61. The van der Waals surface area contributed by atoms with Crippen LogP contribution in [0.3, 0.4) is 0 Å². The van der Waals surface area contributed by atoms with E-state index in [9.17, 15) is 4.79 Å². The number of nitrogens with one attached hydrogen (secondary N) is 2. The summed E-state index contributed by atoms with van der Waals surface area (Å²) < 4.78 is 14.1. The van der Waals surface area contributed by atoms with Gasteiger partial charge in [-0.05, 0) is 81.3 Å². The topological polar surface area (TPSA) is 62.8 Å². The molecule has 1 heterocycles. The normalized spacial score (nSPS) is 25.7. The van der Waals surface area contributed by atoms with E-state index in [1.807, 2.05) is 6.07 Å². The molecule has 0 spiro atoms. The van der Waals surface area contributed by atoms with E-state index < -0.39 is 0 Å². The number of carbonyl (C=O) groups excluding carboxylic acids is 1. The van der Waals surface area contributed by atoms with E-state index in [-0.39, 0.29) is 11.4 Å². The predicted octanol–water partition coefficient (Wildman–Crippen LogP) is 4.73. The zero-order valence-electron chi connectivity index (χ0n) is 19.5. The van der Waals surface area contributed by atoms with Gasteiger partial charge in [-0.15, -0.1) is 0 Å². The van der Waals surface area contributed by atoms with E-state index >= 15 is 0 Å². The molecule has 2 N–H and O–H groups in total. The molecule has 31 heavy (non-hydrogen) atoms. The van der Waals surface area contributed by atoms with E-state index in [0.717, 1.165) is 69.7 Å². The molecule has 0 radical (unpaired) electrons. The molecule has 0 aromatic heterocycles. The highest BCUT2D eigenvalue weighted by atomic mass is 32.2. The molecule has 3 rings (SSSR count). The molecule has 7 heteroatoms. The van der Waals surface area contributed by atoms with Crippen LogP contribution in [0.1, 0.15) is 64.4 Å². The molecular formula is C24H39N3O3S. The summed E-state index contributed by atoms with van der Waals surface area (Å²) in [5, 5.41) is 3.39. The van der Waals surface area contributed by atoms with Gasteiger partial charge in [0.2, 0.25) is 0 Å². The third kappa shape index (κ3) is 5.43. The van der Waals surface area contributed by atoms with Gasteiger partial charge in [-0.1, -0.05) is 26.3 Å². The zero-order chi connectivity index (χ0) is 22.3. The lowest BCUT2D eigenvalue weighted by Crippen LogP contribution is -2.48. The average molecular weight is 450 g/mol. The number of methoxy groups -OCH3 is 2. The maximum Gasteiger partial charge on any atom is 0.324 e. The van der Waals surface area contributed by atoms with Crippen molar-refractivity contribution in [2.75, 3.05) is 33.9 Å². The molecule has 1 saturated heterocycles. The summed E-state index contributed by atoms with van der Waals surface area (Å²) in [4.78, 5) is 14.8. The number of benzene rings is 1. The van der Waals surface area contributed by atoms with Crippen LogP contribution in [-0.4, -0.2) is 56.1 Å². The molecule has 3 unspecified atom stereocenters. The average Bonchev–Trinajstić information content (AvgIpc) is 3.16. The van der Waals surface area contributed by atoms with E-state index in [1.165, 1.54) is 12.0 Å². The van der Waals surface area contributed by atoms with Crippen LogP contribution in [0.25, 0.3) is 0 Å². The molecule has 2 fully saturated rings. The van der Waals surface area contributed by atoms with E-state index in [1.54, 1.807) is 26.2 Å². The number of amides is 2. The number of rotatable bonds is 10. The number of nitrogens with zero attached hydrogens (tertiary/aromatic N) is 1. The summed E-state index contributed by atoms with van der Waals surface area (Å²) in [6, 6.07) is 6.89. The van der Waals surface area contributed by atoms with Gasteiger partial charge in [0.05, 0.1) is 14.2 Å². The van der Waals surface area contributed by atoms with Gasteiger partial charge in [0.25, 0.3) is 0 Å². The summed E-state index contributed by atoms with van der Waals surface area (Å²) in [7, 11) is 3.39. The van der Waals surface area contributed by atoms with Crippen LogP contribution in [0.5, 0.6) is 11.5 Å². The monoisotopic (exact) mass is 449 g/mol. The Hall–Kier alpha value is -1.60. The highest BCUT2D eigenvalue weighted by molar-refractivity contribution is 7.98. The van der Waals surface area contributed by atoms with Crippen molar-refractivity contribution in [1.82, 2.24) is 14.9 Å². The molecule has 6 nitrogen and oxygen atoms in total. The number of urea groups is 1. The van der Waals surface area contributed by atoms with Crippen LogP contribution in [0, 0.1) is 0 Å². The Labute approximate surface area is 191 Å². The minimum Gasteiger partial charge on any atom is -0.493 e. The third-order valence-electron chi connectivity index (χ3n) is 6.93. The van der Waals surface area contributed by atoms with Crippen LogP contribution in [0.2, 0.25) is 0 Å². The van der Waals surface area contributed by atoms with Crippen molar-refractivity contribution in [3.05, 3.63) is 23.8 Å². The van der Waals surface area contributed by atoms with Crippen molar-refractivity contribution in [3.8, 4) is 11.5 Å². The van der Waals surface area contributed by atoms with Crippen molar-refractivity contribution in [2.45, 2.75) is 75.5 Å². The molecule has 174 valence electrons. The smallest absolute Gasteiger partial charge is 0.324 e. The molecule has 1 aliphatic carbocycles. The molecular weight excluding hydrogens is 410 g/mol. The van der Waals surface area contributed by atoms with Crippen LogP contribution in [0.4, 0.5) is 4.79 Å². The molecule has 1 saturated carbocycles. The quantitative estimate of drug-likeness (QED) is 0.400. The summed E-state index contributed by atoms with van der Waals surface area (Å²) in [6.45, 7) is 7.39. The fourth-order valence-corrected chi connectivity index (χ4v) is 6.17. The van der Waals surface area contributed by atoms with Gasteiger partial charge in [-0.25, -0.2) is 4.79 Å². The molecule has 0 bridgehead atoms. The van der Waals surface area contributed by atoms with Gasteiger partial charge < -0.3 is 14.8 Å². The molecule has 1 aromatic rings. The fourth-order valence-electron chi connectivity index (χ4n) is 5.31. The Kier molecular flexibility index (Phi) is 8.78. The third-order valence-corrected chi connectivity index (χ3v) is 7.99. The number of hydrogen-bond donors (Lipinski definition) is 2. The van der Waals surface area contributed by atoms with Crippen LogP contribution in [0.15, 0.2) is 18.2 Å². The van der Waals surface area contributed by atoms with Crippen LogP contribution >= 0.6 is 11.9 Å². The fraction of sp³-hybridized carbons (Fsp3) is 0.708. The van der Waals surface area contributed by atoms with Gasteiger partial charge in [0.1, 0.15) is 0 Å². The minimum absolute atomic E-state index is 0.0630. The highest BCUT2D eigenvalue weighted by Gasteiger charge is 2.51. The Morgan fingerprint density at radius 2 is 2.00 bits per heavy atom. The summed E-state index contributed by atoms with van der Waals surface area (Å²) in [6.07, 6.45) is 7.76. The number of ether oxygens (including phenoxy) is 2. The first-order valence-electron chi connectivity index (χ1n) is 11.7. The molecule has 1 aromatic carbocycles. The maximum absolute atomic E-state index is 12.1. The first kappa shape index (κ1) is 24.1. The van der Waals surface area contributed by atoms with Gasteiger partial charge in [0, 0.05) is 23.3 Å². The first-order valence-corrected chi connectivity index (χ1v) is 12.6. The Bertz CT molecular complexity index is 732. The molecule has 3 atom stereocenters. The lowest BCUT2D eigenvalue weighted by Gasteiger charge is -2.45. The number of fused-ring (bicyclic) bond motifs is 1. The second-order valence-corrected chi connectivity index (χ2v) is 9.86. The lowest BCUT2D eigenvalue weighted by atomic mass is 9.66. The number of carbonyl (C=O) groups is 1.